The Morgan fingerprint density at radius 3 is 2.62 bits per heavy atom. The zero-order valence-corrected chi connectivity index (χ0v) is 15.2. The highest BCUT2D eigenvalue weighted by atomic mass is 19.4. The van der Waals surface area contributed by atoms with Crippen molar-refractivity contribution in [1.82, 2.24) is 19.3 Å². The fourth-order valence-corrected chi connectivity index (χ4v) is 3.78. The molecule has 0 bridgehead atoms. The van der Waals surface area contributed by atoms with Crippen LogP contribution in [0.3, 0.4) is 0 Å². The Morgan fingerprint density at radius 1 is 1.17 bits per heavy atom. The predicted molar refractivity (Wildman–Crippen MR) is 98.5 cm³/mol. The highest BCUT2D eigenvalue weighted by molar-refractivity contribution is 6.05. The van der Waals surface area contributed by atoms with Crippen LogP contribution >= 0.6 is 0 Å². The first kappa shape index (κ1) is 17.8. The summed E-state index contributed by atoms with van der Waals surface area (Å²) in [6, 6.07) is 5.29. The molecule has 5 nitrogen and oxygen atoms in total. The van der Waals surface area contributed by atoms with Crippen LogP contribution in [0.4, 0.5) is 17.6 Å². The van der Waals surface area contributed by atoms with E-state index in [1.807, 2.05) is 0 Å². The first-order valence-corrected chi connectivity index (χ1v) is 9.00. The van der Waals surface area contributed by atoms with Crippen molar-refractivity contribution in [2.45, 2.75) is 24.9 Å². The largest absolute Gasteiger partial charge is 0.435 e. The van der Waals surface area contributed by atoms with E-state index >= 15 is 0 Å². The van der Waals surface area contributed by atoms with Gasteiger partial charge in [0.2, 0.25) is 0 Å². The van der Waals surface area contributed by atoms with Gasteiger partial charge in [-0.3, -0.25) is 14.0 Å². The molecule has 0 unspecified atom stereocenters. The van der Waals surface area contributed by atoms with Gasteiger partial charge in [-0.15, -0.1) is 0 Å². The molecular weight excluding hydrogens is 388 g/mol. The van der Waals surface area contributed by atoms with E-state index in [1.54, 1.807) is 13.2 Å². The Labute approximate surface area is 161 Å². The number of pyridine rings is 2. The van der Waals surface area contributed by atoms with Crippen LogP contribution in [-0.4, -0.2) is 19.3 Å². The van der Waals surface area contributed by atoms with Crippen LogP contribution in [0, 0.1) is 5.82 Å². The zero-order chi connectivity index (χ0) is 20.5. The molecule has 1 fully saturated rings. The number of hydrogen-bond donors (Lipinski definition) is 0. The zero-order valence-electron chi connectivity index (χ0n) is 15.2. The molecule has 9 heteroatoms. The van der Waals surface area contributed by atoms with Crippen LogP contribution in [0.1, 0.15) is 30.0 Å². The SMILES string of the molecule is Cn1cc2c(n1)c(=O)n(-c1cccnc1C(F)(F)F)c1cc(C3CC3)c(F)cc21. The first-order chi connectivity index (χ1) is 13.8. The normalized spacial score (nSPS) is 14.8. The smallest absolute Gasteiger partial charge is 0.274 e. The highest BCUT2D eigenvalue weighted by Gasteiger charge is 2.37. The molecule has 0 aliphatic heterocycles. The average molecular weight is 402 g/mol. The summed E-state index contributed by atoms with van der Waals surface area (Å²) in [5.41, 5.74) is -1.72. The average Bonchev–Trinajstić information content (AvgIpc) is 3.42. The van der Waals surface area contributed by atoms with Crippen LogP contribution in [-0.2, 0) is 13.2 Å². The molecule has 29 heavy (non-hydrogen) atoms. The van der Waals surface area contributed by atoms with Gasteiger partial charge in [0.1, 0.15) is 5.82 Å². The first-order valence-electron chi connectivity index (χ1n) is 9.00. The molecule has 1 aliphatic carbocycles. The lowest BCUT2D eigenvalue weighted by atomic mass is 10.0. The van der Waals surface area contributed by atoms with Gasteiger partial charge in [0.25, 0.3) is 5.56 Å². The van der Waals surface area contributed by atoms with Crippen molar-refractivity contribution < 1.29 is 17.6 Å². The summed E-state index contributed by atoms with van der Waals surface area (Å²) in [5, 5.41) is 4.82. The third kappa shape index (κ3) is 2.72. The molecule has 1 aromatic carbocycles. The summed E-state index contributed by atoms with van der Waals surface area (Å²) >= 11 is 0. The van der Waals surface area contributed by atoms with E-state index < -0.39 is 28.9 Å². The molecule has 148 valence electrons. The second kappa shape index (κ2) is 5.88. The molecule has 0 N–H and O–H groups in total. The van der Waals surface area contributed by atoms with Crippen molar-refractivity contribution in [3.05, 3.63) is 64.1 Å². The van der Waals surface area contributed by atoms with Crippen LogP contribution in [0.25, 0.3) is 27.5 Å². The maximum Gasteiger partial charge on any atom is 0.435 e. The Morgan fingerprint density at radius 2 is 1.93 bits per heavy atom. The number of nitrogens with zero attached hydrogens (tertiary/aromatic N) is 4. The minimum Gasteiger partial charge on any atom is -0.274 e. The van der Waals surface area contributed by atoms with Gasteiger partial charge in [0, 0.05) is 30.2 Å². The highest BCUT2D eigenvalue weighted by Crippen LogP contribution is 2.43. The maximum absolute atomic E-state index is 14.7. The van der Waals surface area contributed by atoms with Gasteiger partial charge in [-0.05, 0) is 48.6 Å². The van der Waals surface area contributed by atoms with E-state index in [2.05, 4.69) is 10.1 Å². The Hall–Kier alpha value is -3.23. The molecule has 3 heterocycles. The Kier molecular flexibility index (Phi) is 3.62. The van der Waals surface area contributed by atoms with Crippen molar-refractivity contribution in [3.63, 3.8) is 0 Å². The number of fused-ring (bicyclic) bond motifs is 3. The summed E-state index contributed by atoms with van der Waals surface area (Å²) in [4.78, 5) is 16.7. The van der Waals surface area contributed by atoms with Crippen molar-refractivity contribution >= 4 is 21.8 Å². The summed E-state index contributed by atoms with van der Waals surface area (Å²) in [6.07, 6.45) is -0.562. The van der Waals surface area contributed by atoms with Crippen molar-refractivity contribution in [2.75, 3.05) is 0 Å². The molecule has 0 saturated heterocycles. The molecule has 4 aromatic rings. The third-order valence-corrected chi connectivity index (χ3v) is 5.19. The third-order valence-electron chi connectivity index (χ3n) is 5.19. The van der Waals surface area contributed by atoms with Crippen LogP contribution in [0.15, 0.2) is 41.5 Å². The monoisotopic (exact) mass is 402 g/mol. The second-order valence-corrected chi connectivity index (χ2v) is 7.24. The fourth-order valence-electron chi connectivity index (χ4n) is 3.78. The van der Waals surface area contributed by atoms with Gasteiger partial charge in [0.05, 0.1) is 11.2 Å². The minimum absolute atomic E-state index is 0.0172. The van der Waals surface area contributed by atoms with Gasteiger partial charge < -0.3 is 0 Å². The van der Waals surface area contributed by atoms with E-state index in [0.717, 1.165) is 23.6 Å². The molecular formula is C20H14F4N4O. The molecule has 0 atom stereocenters. The molecule has 0 amide bonds. The lowest BCUT2D eigenvalue weighted by molar-refractivity contribution is -0.141. The molecule has 5 rings (SSSR count). The van der Waals surface area contributed by atoms with Crippen molar-refractivity contribution in [2.24, 2.45) is 7.05 Å². The standard InChI is InChI=1S/C20H14F4N4O/c1-27-9-13-12-7-14(21)11(10-4-5-10)8-16(12)28(19(29)17(13)26-27)15-3-2-6-25-18(15)20(22,23)24/h2-3,6-10H,4-5H2,1H3. The van der Waals surface area contributed by atoms with E-state index in [0.29, 0.717) is 16.3 Å². The molecule has 0 radical (unpaired) electrons. The number of halogens is 4. The van der Waals surface area contributed by atoms with Gasteiger partial charge >= 0.3 is 6.18 Å². The topological polar surface area (TPSA) is 52.7 Å². The van der Waals surface area contributed by atoms with Gasteiger partial charge in [-0.2, -0.15) is 18.3 Å². The van der Waals surface area contributed by atoms with Gasteiger partial charge in [-0.1, -0.05) is 0 Å². The number of rotatable bonds is 2. The second-order valence-electron chi connectivity index (χ2n) is 7.24. The molecule has 1 saturated carbocycles. The van der Waals surface area contributed by atoms with Crippen molar-refractivity contribution in [1.29, 1.82) is 0 Å². The molecule has 1 aliphatic rings. The van der Waals surface area contributed by atoms with E-state index in [1.165, 1.54) is 28.9 Å². The molecule has 3 aromatic heterocycles. The number of aryl methyl sites for hydroxylation is 1. The Balaban J connectivity index is 1.98. The lowest BCUT2D eigenvalue weighted by Crippen LogP contribution is -2.23. The van der Waals surface area contributed by atoms with Crippen LogP contribution in [0.2, 0.25) is 0 Å². The van der Waals surface area contributed by atoms with Gasteiger partial charge in [-0.25, -0.2) is 9.37 Å². The number of aromatic nitrogens is 4. The maximum atomic E-state index is 14.7. The Bertz CT molecular complexity index is 1350. The van der Waals surface area contributed by atoms with E-state index in [9.17, 15) is 22.4 Å². The summed E-state index contributed by atoms with van der Waals surface area (Å²) in [7, 11) is 1.59. The minimum atomic E-state index is -4.76. The quantitative estimate of drug-likeness (QED) is 0.470. The van der Waals surface area contributed by atoms with E-state index in [-0.39, 0.29) is 17.0 Å². The molecule has 0 spiro atoms. The summed E-state index contributed by atoms with van der Waals surface area (Å²) < 4.78 is 57.9. The fraction of sp³-hybridized carbons (Fsp3) is 0.250. The number of alkyl halides is 3. The number of benzene rings is 1. The summed E-state index contributed by atoms with van der Waals surface area (Å²) in [6.45, 7) is 0. The van der Waals surface area contributed by atoms with Crippen molar-refractivity contribution in [3.8, 4) is 5.69 Å². The van der Waals surface area contributed by atoms with Crippen LogP contribution in [0.5, 0.6) is 0 Å². The summed E-state index contributed by atoms with van der Waals surface area (Å²) in [5.74, 6) is -0.416. The number of hydrogen-bond acceptors (Lipinski definition) is 3. The lowest BCUT2D eigenvalue weighted by Gasteiger charge is -2.17. The van der Waals surface area contributed by atoms with Crippen LogP contribution < -0.4 is 5.56 Å². The van der Waals surface area contributed by atoms with Gasteiger partial charge in [0.15, 0.2) is 11.2 Å². The van der Waals surface area contributed by atoms with E-state index in [4.69, 9.17) is 0 Å². The predicted octanol–water partition coefficient (Wildman–Crippen LogP) is 4.31.